The highest BCUT2D eigenvalue weighted by atomic mass is 16.1. The van der Waals surface area contributed by atoms with Gasteiger partial charge in [-0.3, -0.25) is 4.79 Å². The number of hydrogen-bond acceptors (Lipinski definition) is 3. The molecule has 2 N–H and O–H groups in total. The number of nitrogens with zero attached hydrogens (tertiary/aromatic N) is 1. The monoisotopic (exact) mass is 361 g/mol. The van der Waals surface area contributed by atoms with Crippen molar-refractivity contribution < 1.29 is 4.79 Å². The first-order chi connectivity index (χ1) is 12.6. The summed E-state index contributed by atoms with van der Waals surface area (Å²) >= 11 is 0. The molecule has 0 aliphatic rings. The Morgan fingerprint density at radius 3 is 2.07 bits per heavy atom. The van der Waals surface area contributed by atoms with Gasteiger partial charge in [-0.15, -0.1) is 0 Å². The number of carbonyl (C=O) groups excluding carboxylic acids is 1. The predicted molar refractivity (Wildman–Crippen MR) is 112 cm³/mol. The fourth-order valence-electron chi connectivity index (χ4n) is 2.93. The molecule has 0 bridgehead atoms. The van der Waals surface area contributed by atoms with Gasteiger partial charge >= 0.3 is 0 Å². The molecule has 0 heterocycles. The molecular formula is C23H27N3O. The lowest BCUT2D eigenvalue weighted by Crippen LogP contribution is -2.16. The van der Waals surface area contributed by atoms with Gasteiger partial charge in [0.15, 0.2) is 0 Å². The average Bonchev–Trinajstić information content (AvgIpc) is 2.58. The van der Waals surface area contributed by atoms with Gasteiger partial charge in [-0.1, -0.05) is 50.6 Å². The zero-order valence-electron chi connectivity index (χ0n) is 16.9. The number of amides is 1. The van der Waals surface area contributed by atoms with Crippen molar-refractivity contribution in [2.24, 2.45) is 0 Å². The Morgan fingerprint density at radius 2 is 1.59 bits per heavy atom. The molecule has 0 radical (unpaired) electrons. The van der Waals surface area contributed by atoms with E-state index in [1.807, 2.05) is 63.2 Å². The van der Waals surface area contributed by atoms with E-state index < -0.39 is 5.91 Å². The minimum Gasteiger partial charge on any atom is -0.360 e. The first kappa shape index (κ1) is 20.3. The Morgan fingerprint density at radius 1 is 1.04 bits per heavy atom. The lowest BCUT2D eigenvalue weighted by Gasteiger charge is -2.19. The molecule has 0 saturated heterocycles. The fraction of sp³-hybridized carbons (Fsp3) is 0.304. The van der Waals surface area contributed by atoms with Crippen molar-refractivity contribution in [2.45, 2.75) is 47.0 Å². The Hall–Kier alpha value is -3.06. The van der Waals surface area contributed by atoms with E-state index in [4.69, 9.17) is 0 Å². The van der Waals surface area contributed by atoms with E-state index in [9.17, 15) is 10.1 Å². The van der Waals surface area contributed by atoms with Crippen LogP contribution in [0, 0.1) is 32.1 Å². The van der Waals surface area contributed by atoms with Crippen LogP contribution in [0.2, 0.25) is 0 Å². The molecule has 0 unspecified atom stereocenters. The zero-order valence-corrected chi connectivity index (χ0v) is 16.9. The third-order valence-corrected chi connectivity index (χ3v) is 4.41. The van der Waals surface area contributed by atoms with Crippen LogP contribution in [0.3, 0.4) is 0 Å². The first-order valence-electron chi connectivity index (χ1n) is 8.98. The summed E-state index contributed by atoms with van der Waals surface area (Å²) in [5.41, 5.74) is 5.99. The summed E-state index contributed by atoms with van der Waals surface area (Å²) in [6.45, 7) is 12.4. The lowest BCUT2D eigenvalue weighted by molar-refractivity contribution is -0.112. The molecule has 2 rings (SSSR count). The molecule has 0 fully saturated rings. The smallest absolute Gasteiger partial charge is 0.267 e. The van der Waals surface area contributed by atoms with Crippen LogP contribution in [0.5, 0.6) is 0 Å². The predicted octanol–water partition coefficient (Wildman–Crippen LogP) is 5.37. The summed E-state index contributed by atoms with van der Waals surface area (Å²) in [7, 11) is 0. The SMILES string of the molecule is Cc1cc(C)c(NC(=O)/C(C#N)=C\Nc2ccc(C(C)(C)C)cc2)c(C)c1. The molecule has 140 valence electrons. The summed E-state index contributed by atoms with van der Waals surface area (Å²) in [4.78, 5) is 12.5. The van der Waals surface area contributed by atoms with Crippen LogP contribution in [0.15, 0.2) is 48.2 Å². The molecule has 4 heteroatoms. The molecule has 0 aliphatic heterocycles. The molecule has 0 aliphatic carbocycles. The van der Waals surface area contributed by atoms with Gasteiger partial charge in [0.05, 0.1) is 0 Å². The first-order valence-corrected chi connectivity index (χ1v) is 8.98. The third-order valence-electron chi connectivity index (χ3n) is 4.41. The van der Waals surface area contributed by atoms with E-state index in [-0.39, 0.29) is 11.0 Å². The number of hydrogen-bond donors (Lipinski definition) is 2. The second-order valence-electron chi connectivity index (χ2n) is 7.87. The normalized spacial score (nSPS) is 11.7. The minimum atomic E-state index is -0.425. The Balaban J connectivity index is 2.14. The van der Waals surface area contributed by atoms with Gasteiger partial charge in [-0.05, 0) is 55.0 Å². The van der Waals surface area contributed by atoms with E-state index in [1.54, 1.807) is 0 Å². The summed E-state index contributed by atoms with van der Waals surface area (Å²) in [6, 6.07) is 14.0. The molecule has 0 atom stereocenters. The topological polar surface area (TPSA) is 64.9 Å². The summed E-state index contributed by atoms with van der Waals surface area (Å²) < 4.78 is 0. The van der Waals surface area contributed by atoms with E-state index >= 15 is 0 Å². The maximum absolute atomic E-state index is 12.5. The van der Waals surface area contributed by atoms with Gasteiger partial charge in [0.25, 0.3) is 5.91 Å². The van der Waals surface area contributed by atoms with Crippen LogP contribution in [0.1, 0.15) is 43.0 Å². The Bertz CT molecular complexity index is 887. The third kappa shape index (κ3) is 5.21. The molecule has 1 amide bonds. The fourth-order valence-corrected chi connectivity index (χ4v) is 2.93. The van der Waals surface area contributed by atoms with Crippen molar-refractivity contribution in [1.82, 2.24) is 0 Å². The second kappa shape index (κ2) is 8.09. The highest BCUT2D eigenvalue weighted by Crippen LogP contribution is 2.24. The maximum atomic E-state index is 12.5. The number of benzene rings is 2. The number of rotatable bonds is 4. The highest BCUT2D eigenvalue weighted by Gasteiger charge is 2.14. The lowest BCUT2D eigenvalue weighted by atomic mass is 9.87. The van der Waals surface area contributed by atoms with Gasteiger partial charge in [0, 0.05) is 17.6 Å². The zero-order chi connectivity index (χ0) is 20.2. The van der Waals surface area contributed by atoms with Crippen LogP contribution in [-0.4, -0.2) is 5.91 Å². The van der Waals surface area contributed by atoms with Crippen molar-refractivity contribution in [3.05, 3.63) is 70.4 Å². The summed E-state index contributed by atoms with van der Waals surface area (Å²) in [5.74, 6) is -0.425. The summed E-state index contributed by atoms with van der Waals surface area (Å²) in [5, 5.41) is 15.3. The number of aryl methyl sites for hydroxylation is 3. The Kier molecular flexibility index (Phi) is 6.07. The van der Waals surface area contributed by atoms with Gasteiger partial charge in [-0.2, -0.15) is 5.26 Å². The maximum Gasteiger partial charge on any atom is 0.267 e. The van der Waals surface area contributed by atoms with Crippen molar-refractivity contribution >= 4 is 17.3 Å². The molecule has 4 nitrogen and oxygen atoms in total. The standard InChI is InChI=1S/C23H27N3O/c1-15-11-16(2)21(17(3)12-15)26-22(27)18(13-24)14-25-20-9-7-19(8-10-20)23(4,5)6/h7-12,14,25H,1-6H3,(H,26,27)/b18-14-. The number of carbonyl (C=O) groups is 1. The van der Waals surface area contributed by atoms with Gasteiger partial charge < -0.3 is 10.6 Å². The van der Waals surface area contributed by atoms with Crippen LogP contribution < -0.4 is 10.6 Å². The molecule has 2 aromatic carbocycles. The highest BCUT2D eigenvalue weighted by molar-refractivity contribution is 6.07. The number of nitriles is 1. The van der Waals surface area contributed by atoms with Crippen molar-refractivity contribution in [3.63, 3.8) is 0 Å². The molecule has 0 saturated carbocycles. The molecule has 2 aromatic rings. The molecule has 27 heavy (non-hydrogen) atoms. The van der Waals surface area contributed by atoms with Gasteiger partial charge in [0.1, 0.15) is 11.6 Å². The van der Waals surface area contributed by atoms with Crippen LogP contribution in [0.4, 0.5) is 11.4 Å². The van der Waals surface area contributed by atoms with Crippen LogP contribution >= 0.6 is 0 Å². The number of anilines is 2. The van der Waals surface area contributed by atoms with Gasteiger partial charge in [-0.25, -0.2) is 0 Å². The average molecular weight is 361 g/mol. The van der Waals surface area contributed by atoms with Crippen molar-refractivity contribution in [1.29, 1.82) is 5.26 Å². The minimum absolute atomic E-state index is 0.0225. The largest absolute Gasteiger partial charge is 0.360 e. The van der Waals surface area contributed by atoms with Crippen molar-refractivity contribution in [3.8, 4) is 6.07 Å². The quantitative estimate of drug-likeness (QED) is 0.568. The van der Waals surface area contributed by atoms with E-state index in [2.05, 4.69) is 31.4 Å². The van der Waals surface area contributed by atoms with E-state index in [1.165, 1.54) is 11.8 Å². The van der Waals surface area contributed by atoms with Gasteiger partial charge in [0.2, 0.25) is 0 Å². The van der Waals surface area contributed by atoms with Crippen LogP contribution in [-0.2, 0) is 10.2 Å². The second-order valence-corrected chi connectivity index (χ2v) is 7.87. The van der Waals surface area contributed by atoms with E-state index in [0.29, 0.717) is 0 Å². The summed E-state index contributed by atoms with van der Waals surface area (Å²) in [6.07, 6.45) is 1.44. The Labute approximate surface area is 161 Å². The van der Waals surface area contributed by atoms with Crippen LogP contribution in [0.25, 0.3) is 0 Å². The molecule has 0 spiro atoms. The molecule has 0 aromatic heterocycles. The number of nitrogens with one attached hydrogen (secondary N) is 2. The molecular weight excluding hydrogens is 334 g/mol. The van der Waals surface area contributed by atoms with E-state index in [0.717, 1.165) is 28.1 Å². The van der Waals surface area contributed by atoms with Crippen molar-refractivity contribution in [2.75, 3.05) is 10.6 Å².